The molecule has 1 aliphatic rings. The fourth-order valence-corrected chi connectivity index (χ4v) is 2.57. The van der Waals surface area contributed by atoms with E-state index in [1.54, 1.807) is 25.2 Å². The molecule has 2 rings (SSSR count). The average Bonchev–Trinajstić information content (AvgIpc) is 2.46. The quantitative estimate of drug-likeness (QED) is 0.819. The highest BCUT2D eigenvalue weighted by Gasteiger charge is 2.26. The first-order valence-electron chi connectivity index (χ1n) is 6.97. The van der Waals surface area contributed by atoms with Gasteiger partial charge in [-0.25, -0.2) is 14.8 Å². The highest BCUT2D eigenvalue weighted by atomic mass is 16.2. The molecule has 0 aliphatic carbocycles. The maximum Gasteiger partial charge on any atom is 0.319 e. The fourth-order valence-electron chi connectivity index (χ4n) is 2.57. The molecule has 1 aromatic heterocycles. The van der Waals surface area contributed by atoms with Crippen molar-refractivity contribution >= 4 is 11.8 Å². The summed E-state index contributed by atoms with van der Waals surface area (Å²) >= 11 is 0. The van der Waals surface area contributed by atoms with Gasteiger partial charge in [0.15, 0.2) is 0 Å². The van der Waals surface area contributed by atoms with Gasteiger partial charge in [-0.05, 0) is 25.8 Å². The van der Waals surface area contributed by atoms with Crippen LogP contribution >= 0.6 is 0 Å². The van der Waals surface area contributed by atoms with Crippen molar-refractivity contribution in [1.82, 2.24) is 19.8 Å². The zero-order valence-corrected chi connectivity index (χ0v) is 12.7. The van der Waals surface area contributed by atoms with Gasteiger partial charge in [0.05, 0.1) is 0 Å². The third-order valence-corrected chi connectivity index (χ3v) is 3.78. The van der Waals surface area contributed by atoms with Gasteiger partial charge in [0.1, 0.15) is 11.6 Å². The van der Waals surface area contributed by atoms with Crippen LogP contribution in [-0.4, -0.2) is 66.1 Å². The predicted octanol–water partition coefficient (Wildman–Crippen LogP) is 1.37. The monoisotopic (exact) mass is 277 g/mol. The molecule has 0 unspecified atom stereocenters. The molecular formula is C14H23N5O. The lowest BCUT2D eigenvalue weighted by Gasteiger charge is -2.38. The van der Waals surface area contributed by atoms with E-state index in [-0.39, 0.29) is 6.03 Å². The average molecular weight is 277 g/mol. The number of urea groups is 1. The first kappa shape index (κ1) is 14.6. The van der Waals surface area contributed by atoms with Crippen molar-refractivity contribution in [2.75, 3.05) is 39.1 Å². The van der Waals surface area contributed by atoms with Crippen LogP contribution in [0.2, 0.25) is 0 Å². The summed E-state index contributed by atoms with van der Waals surface area (Å²) in [5.41, 5.74) is 0. The smallest absolute Gasteiger partial charge is 0.319 e. The van der Waals surface area contributed by atoms with Crippen molar-refractivity contribution in [3.05, 3.63) is 18.1 Å². The summed E-state index contributed by atoms with van der Waals surface area (Å²) in [6, 6.07) is 2.33. The summed E-state index contributed by atoms with van der Waals surface area (Å²) in [7, 11) is 5.47. The van der Waals surface area contributed by atoms with Crippen molar-refractivity contribution < 1.29 is 4.79 Å². The molecule has 2 heterocycles. The number of carbonyl (C=O) groups excluding carboxylic acids is 1. The minimum atomic E-state index is 0.0707. The SMILES string of the molecule is Cc1nccc(N2CCC(N(C)C(=O)N(C)C)CC2)n1. The van der Waals surface area contributed by atoms with E-state index in [9.17, 15) is 4.79 Å². The van der Waals surface area contributed by atoms with Gasteiger partial charge in [-0.15, -0.1) is 0 Å². The van der Waals surface area contributed by atoms with Crippen molar-refractivity contribution in [3.8, 4) is 0 Å². The summed E-state index contributed by atoms with van der Waals surface area (Å²) in [5, 5.41) is 0. The van der Waals surface area contributed by atoms with E-state index in [0.29, 0.717) is 6.04 Å². The molecule has 0 bridgehead atoms. The standard InChI is InChI=1S/C14H23N5O/c1-11-15-8-5-13(16-11)19-9-6-12(7-10-19)18(4)14(20)17(2)3/h5,8,12H,6-7,9-10H2,1-4H3. The van der Waals surface area contributed by atoms with E-state index in [2.05, 4.69) is 14.9 Å². The van der Waals surface area contributed by atoms with Crippen LogP contribution in [0.15, 0.2) is 12.3 Å². The first-order valence-corrected chi connectivity index (χ1v) is 6.97. The van der Waals surface area contributed by atoms with Gasteiger partial charge in [-0.1, -0.05) is 0 Å². The van der Waals surface area contributed by atoms with Gasteiger partial charge in [-0.3, -0.25) is 0 Å². The fraction of sp³-hybridized carbons (Fsp3) is 0.643. The highest BCUT2D eigenvalue weighted by Crippen LogP contribution is 2.20. The highest BCUT2D eigenvalue weighted by molar-refractivity contribution is 5.73. The molecular weight excluding hydrogens is 254 g/mol. The van der Waals surface area contributed by atoms with Crippen molar-refractivity contribution in [1.29, 1.82) is 0 Å². The summed E-state index contributed by atoms with van der Waals surface area (Å²) in [4.78, 5) is 26.3. The first-order chi connectivity index (χ1) is 9.49. The van der Waals surface area contributed by atoms with Crippen LogP contribution < -0.4 is 4.90 Å². The molecule has 1 aliphatic heterocycles. The number of aryl methyl sites for hydroxylation is 1. The maximum absolute atomic E-state index is 12.0. The molecule has 1 aromatic rings. The van der Waals surface area contributed by atoms with E-state index in [4.69, 9.17) is 0 Å². The second kappa shape index (κ2) is 6.07. The summed E-state index contributed by atoms with van der Waals surface area (Å²) in [5.74, 6) is 1.78. The zero-order valence-electron chi connectivity index (χ0n) is 12.7. The molecule has 20 heavy (non-hydrogen) atoms. The van der Waals surface area contributed by atoms with Gasteiger partial charge in [0.25, 0.3) is 0 Å². The lowest BCUT2D eigenvalue weighted by Crippen LogP contribution is -2.48. The van der Waals surface area contributed by atoms with E-state index < -0.39 is 0 Å². The number of hydrogen-bond donors (Lipinski definition) is 0. The Morgan fingerprint density at radius 1 is 1.30 bits per heavy atom. The van der Waals surface area contributed by atoms with Gasteiger partial charge < -0.3 is 14.7 Å². The molecule has 0 spiro atoms. The molecule has 0 radical (unpaired) electrons. The molecule has 6 heteroatoms. The minimum absolute atomic E-state index is 0.0707. The van der Waals surface area contributed by atoms with Crippen LogP contribution in [-0.2, 0) is 0 Å². The number of aromatic nitrogens is 2. The Bertz CT molecular complexity index is 468. The number of anilines is 1. The Balaban J connectivity index is 1.94. The summed E-state index contributed by atoms with van der Waals surface area (Å²) in [6.45, 7) is 3.75. The summed E-state index contributed by atoms with van der Waals surface area (Å²) < 4.78 is 0. The Hall–Kier alpha value is -1.85. The van der Waals surface area contributed by atoms with Crippen LogP contribution in [0.4, 0.5) is 10.6 Å². The third-order valence-electron chi connectivity index (χ3n) is 3.78. The molecule has 6 nitrogen and oxygen atoms in total. The third kappa shape index (κ3) is 3.18. The van der Waals surface area contributed by atoms with E-state index in [1.807, 2.05) is 24.9 Å². The lowest BCUT2D eigenvalue weighted by atomic mass is 10.0. The van der Waals surface area contributed by atoms with Crippen molar-refractivity contribution in [2.24, 2.45) is 0 Å². The van der Waals surface area contributed by atoms with E-state index in [0.717, 1.165) is 37.6 Å². The van der Waals surface area contributed by atoms with Crippen molar-refractivity contribution in [3.63, 3.8) is 0 Å². The Morgan fingerprint density at radius 3 is 2.50 bits per heavy atom. The number of rotatable bonds is 2. The molecule has 0 atom stereocenters. The topological polar surface area (TPSA) is 52.6 Å². The molecule has 1 fully saturated rings. The second-order valence-electron chi connectivity index (χ2n) is 5.47. The molecule has 0 N–H and O–H groups in total. The predicted molar refractivity (Wildman–Crippen MR) is 78.9 cm³/mol. The number of carbonyl (C=O) groups is 1. The maximum atomic E-state index is 12.0. The van der Waals surface area contributed by atoms with Crippen LogP contribution in [0.25, 0.3) is 0 Å². The Kier molecular flexibility index (Phi) is 4.42. The lowest BCUT2D eigenvalue weighted by molar-refractivity contribution is 0.155. The molecule has 2 amide bonds. The summed E-state index contributed by atoms with van der Waals surface area (Å²) in [6.07, 6.45) is 3.74. The van der Waals surface area contributed by atoms with Gasteiger partial charge in [-0.2, -0.15) is 0 Å². The number of hydrogen-bond acceptors (Lipinski definition) is 4. The molecule has 110 valence electrons. The molecule has 1 saturated heterocycles. The van der Waals surface area contributed by atoms with Crippen LogP contribution in [0, 0.1) is 6.92 Å². The van der Waals surface area contributed by atoms with Crippen LogP contribution in [0.5, 0.6) is 0 Å². The largest absolute Gasteiger partial charge is 0.356 e. The second-order valence-corrected chi connectivity index (χ2v) is 5.47. The number of amides is 2. The minimum Gasteiger partial charge on any atom is -0.356 e. The van der Waals surface area contributed by atoms with Gasteiger partial charge in [0, 0.05) is 46.5 Å². The van der Waals surface area contributed by atoms with Crippen molar-refractivity contribution in [2.45, 2.75) is 25.8 Å². The molecule has 0 saturated carbocycles. The van der Waals surface area contributed by atoms with Crippen LogP contribution in [0.1, 0.15) is 18.7 Å². The van der Waals surface area contributed by atoms with Crippen LogP contribution in [0.3, 0.4) is 0 Å². The molecule has 0 aromatic carbocycles. The van der Waals surface area contributed by atoms with E-state index in [1.165, 1.54) is 0 Å². The number of piperidine rings is 1. The zero-order chi connectivity index (χ0) is 14.7. The van der Waals surface area contributed by atoms with Gasteiger partial charge in [0.2, 0.25) is 0 Å². The Labute approximate surface area is 120 Å². The van der Waals surface area contributed by atoms with E-state index >= 15 is 0 Å². The Morgan fingerprint density at radius 2 is 1.95 bits per heavy atom. The number of nitrogens with zero attached hydrogens (tertiary/aromatic N) is 5. The normalized spacial score (nSPS) is 16.1. The van der Waals surface area contributed by atoms with Gasteiger partial charge >= 0.3 is 6.03 Å².